The van der Waals surface area contributed by atoms with Gasteiger partial charge in [0, 0.05) is 11.8 Å². The van der Waals surface area contributed by atoms with Crippen molar-refractivity contribution in [2.45, 2.75) is 51.4 Å². The molecule has 0 radical (unpaired) electrons. The summed E-state index contributed by atoms with van der Waals surface area (Å²) in [5.74, 6) is 3.73. The fraction of sp³-hybridized carbons (Fsp3) is 0.833. The minimum Gasteiger partial charge on any atom is -0.330 e. The maximum atomic E-state index is 5.70. The monoisotopic (exact) mass is 222 g/mol. The summed E-state index contributed by atoms with van der Waals surface area (Å²) in [6.45, 7) is 5.08. The van der Waals surface area contributed by atoms with Gasteiger partial charge in [0.15, 0.2) is 5.82 Å². The maximum Gasteiger partial charge on any atom is 0.153 e. The second-order valence-corrected chi connectivity index (χ2v) is 5.19. The molecule has 1 heterocycles. The molecule has 0 amide bonds. The zero-order valence-corrected chi connectivity index (χ0v) is 10.2. The highest BCUT2D eigenvalue weighted by molar-refractivity contribution is 5.01. The van der Waals surface area contributed by atoms with E-state index in [2.05, 4.69) is 29.0 Å². The van der Waals surface area contributed by atoms with Gasteiger partial charge in [0.1, 0.15) is 5.82 Å². The normalized spacial score (nSPS) is 26.2. The number of nitrogens with one attached hydrogen (secondary N) is 1. The average molecular weight is 222 g/mol. The first-order chi connectivity index (χ1) is 7.70. The Morgan fingerprint density at radius 2 is 2.00 bits per heavy atom. The van der Waals surface area contributed by atoms with Gasteiger partial charge in [-0.3, -0.25) is 5.10 Å². The van der Waals surface area contributed by atoms with Crippen molar-refractivity contribution in [1.82, 2.24) is 15.2 Å². The summed E-state index contributed by atoms with van der Waals surface area (Å²) in [5, 5.41) is 7.37. The fourth-order valence-electron chi connectivity index (χ4n) is 2.40. The lowest BCUT2D eigenvalue weighted by Gasteiger charge is -2.25. The van der Waals surface area contributed by atoms with E-state index in [4.69, 9.17) is 5.73 Å². The SMILES string of the molecule is CC(C)c1n[nH]c(C2CCC(CN)CC2)n1. The van der Waals surface area contributed by atoms with Crippen molar-refractivity contribution in [2.24, 2.45) is 11.7 Å². The summed E-state index contributed by atoms with van der Waals surface area (Å²) in [4.78, 5) is 4.59. The zero-order chi connectivity index (χ0) is 11.5. The van der Waals surface area contributed by atoms with E-state index in [0.717, 1.165) is 24.1 Å². The molecule has 1 fully saturated rings. The van der Waals surface area contributed by atoms with Crippen LogP contribution in [0.3, 0.4) is 0 Å². The van der Waals surface area contributed by atoms with Gasteiger partial charge >= 0.3 is 0 Å². The van der Waals surface area contributed by atoms with Crippen LogP contribution in [-0.4, -0.2) is 21.7 Å². The minimum absolute atomic E-state index is 0.408. The van der Waals surface area contributed by atoms with Gasteiger partial charge in [-0.1, -0.05) is 13.8 Å². The number of hydrogen-bond donors (Lipinski definition) is 2. The molecule has 0 spiro atoms. The van der Waals surface area contributed by atoms with Crippen molar-refractivity contribution in [3.8, 4) is 0 Å². The third-order valence-corrected chi connectivity index (χ3v) is 3.60. The Morgan fingerprint density at radius 3 is 2.50 bits per heavy atom. The molecule has 0 unspecified atom stereocenters. The van der Waals surface area contributed by atoms with E-state index in [1.807, 2.05) is 0 Å². The third kappa shape index (κ3) is 2.43. The number of rotatable bonds is 3. The summed E-state index contributed by atoms with van der Waals surface area (Å²) in [6.07, 6.45) is 4.88. The summed E-state index contributed by atoms with van der Waals surface area (Å²) in [6, 6.07) is 0. The fourth-order valence-corrected chi connectivity index (χ4v) is 2.40. The van der Waals surface area contributed by atoms with E-state index in [9.17, 15) is 0 Å². The summed E-state index contributed by atoms with van der Waals surface area (Å²) in [5.41, 5.74) is 5.70. The predicted molar refractivity (Wildman–Crippen MR) is 64.2 cm³/mol. The first-order valence-electron chi connectivity index (χ1n) is 6.33. The lowest BCUT2D eigenvalue weighted by atomic mass is 9.82. The zero-order valence-electron chi connectivity index (χ0n) is 10.2. The Bertz CT molecular complexity index is 324. The molecule has 1 aromatic heterocycles. The second kappa shape index (κ2) is 4.95. The molecule has 2 rings (SSSR count). The number of nitrogens with two attached hydrogens (primary N) is 1. The molecule has 4 heteroatoms. The van der Waals surface area contributed by atoms with Gasteiger partial charge in [-0.25, -0.2) is 4.98 Å². The van der Waals surface area contributed by atoms with Crippen LogP contribution in [0.25, 0.3) is 0 Å². The Labute approximate surface area is 97.0 Å². The Hall–Kier alpha value is -0.900. The third-order valence-electron chi connectivity index (χ3n) is 3.60. The standard InChI is InChI=1S/C12H22N4/c1-8(2)11-14-12(16-15-11)10-5-3-9(7-13)4-6-10/h8-10H,3-7,13H2,1-2H3,(H,14,15,16). The Kier molecular flexibility index (Phi) is 3.59. The van der Waals surface area contributed by atoms with Gasteiger partial charge in [0.25, 0.3) is 0 Å². The van der Waals surface area contributed by atoms with Crippen LogP contribution < -0.4 is 5.73 Å². The first kappa shape index (κ1) is 11.6. The van der Waals surface area contributed by atoms with Crippen LogP contribution in [0, 0.1) is 5.92 Å². The molecule has 0 aliphatic heterocycles. The van der Waals surface area contributed by atoms with Crippen molar-refractivity contribution >= 4 is 0 Å². The molecular formula is C12H22N4. The van der Waals surface area contributed by atoms with E-state index in [0.29, 0.717) is 11.8 Å². The molecule has 16 heavy (non-hydrogen) atoms. The maximum absolute atomic E-state index is 5.70. The molecule has 1 aromatic rings. The van der Waals surface area contributed by atoms with Crippen LogP contribution in [0.2, 0.25) is 0 Å². The van der Waals surface area contributed by atoms with Crippen molar-refractivity contribution in [3.05, 3.63) is 11.6 Å². The van der Waals surface area contributed by atoms with Crippen LogP contribution >= 0.6 is 0 Å². The summed E-state index contributed by atoms with van der Waals surface area (Å²) in [7, 11) is 0. The molecule has 1 aliphatic rings. The van der Waals surface area contributed by atoms with Crippen LogP contribution in [0.15, 0.2) is 0 Å². The highest BCUT2D eigenvalue weighted by atomic mass is 15.2. The Balaban J connectivity index is 1.97. The van der Waals surface area contributed by atoms with Crippen molar-refractivity contribution < 1.29 is 0 Å². The lowest BCUT2D eigenvalue weighted by Crippen LogP contribution is -2.21. The highest BCUT2D eigenvalue weighted by Crippen LogP contribution is 2.33. The van der Waals surface area contributed by atoms with Crippen LogP contribution in [0.5, 0.6) is 0 Å². The lowest BCUT2D eigenvalue weighted by molar-refractivity contribution is 0.326. The van der Waals surface area contributed by atoms with Gasteiger partial charge in [-0.2, -0.15) is 5.10 Å². The smallest absolute Gasteiger partial charge is 0.153 e. The molecule has 0 bridgehead atoms. The molecular weight excluding hydrogens is 200 g/mol. The number of H-pyrrole nitrogens is 1. The second-order valence-electron chi connectivity index (χ2n) is 5.19. The van der Waals surface area contributed by atoms with E-state index in [-0.39, 0.29) is 0 Å². The number of nitrogens with zero attached hydrogens (tertiary/aromatic N) is 2. The van der Waals surface area contributed by atoms with Crippen LogP contribution in [0.1, 0.15) is 63.0 Å². The van der Waals surface area contributed by atoms with Gasteiger partial charge in [-0.15, -0.1) is 0 Å². The molecule has 0 atom stereocenters. The van der Waals surface area contributed by atoms with Crippen LogP contribution in [-0.2, 0) is 0 Å². The molecule has 90 valence electrons. The van der Waals surface area contributed by atoms with Crippen molar-refractivity contribution in [2.75, 3.05) is 6.54 Å². The molecule has 3 N–H and O–H groups in total. The topological polar surface area (TPSA) is 67.6 Å². The Morgan fingerprint density at radius 1 is 1.31 bits per heavy atom. The first-order valence-corrected chi connectivity index (χ1v) is 6.33. The van der Waals surface area contributed by atoms with E-state index < -0.39 is 0 Å². The van der Waals surface area contributed by atoms with Gasteiger partial charge in [0.2, 0.25) is 0 Å². The molecule has 0 saturated heterocycles. The number of aromatic amines is 1. The number of aromatic nitrogens is 3. The quantitative estimate of drug-likeness (QED) is 0.823. The minimum atomic E-state index is 0.408. The van der Waals surface area contributed by atoms with Gasteiger partial charge in [-0.05, 0) is 38.1 Å². The van der Waals surface area contributed by atoms with Crippen molar-refractivity contribution in [1.29, 1.82) is 0 Å². The predicted octanol–water partition coefficient (Wildman–Crippen LogP) is 2.16. The largest absolute Gasteiger partial charge is 0.330 e. The van der Waals surface area contributed by atoms with Crippen LogP contribution in [0.4, 0.5) is 0 Å². The van der Waals surface area contributed by atoms with E-state index in [1.54, 1.807) is 0 Å². The average Bonchev–Trinajstić information content (AvgIpc) is 2.78. The molecule has 4 nitrogen and oxygen atoms in total. The van der Waals surface area contributed by atoms with E-state index in [1.165, 1.54) is 25.7 Å². The highest BCUT2D eigenvalue weighted by Gasteiger charge is 2.24. The van der Waals surface area contributed by atoms with Crippen molar-refractivity contribution in [3.63, 3.8) is 0 Å². The van der Waals surface area contributed by atoms with Gasteiger partial charge < -0.3 is 5.73 Å². The molecule has 1 aliphatic carbocycles. The summed E-state index contributed by atoms with van der Waals surface area (Å²) >= 11 is 0. The molecule has 0 aromatic carbocycles. The van der Waals surface area contributed by atoms with Gasteiger partial charge in [0.05, 0.1) is 0 Å². The summed E-state index contributed by atoms with van der Waals surface area (Å²) < 4.78 is 0. The number of hydrogen-bond acceptors (Lipinski definition) is 3. The molecule has 1 saturated carbocycles. The van der Waals surface area contributed by atoms with E-state index >= 15 is 0 Å².